The third-order valence-electron chi connectivity index (χ3n) is 4.19. The van der Waals surface area contributed by atoms with Crippen molar-refractivity contribution in [3.8, 4) is 5.75 Å². The van der Waals surface area contributed by atoms with Crippen molar-refractivity contribution >= 4 is 5.91 Å². The summed E-state index contributed by atoms with van der Waals surface area (Å²) in [5.74, 6) is 0.605. The van der Waals surface area contributed by atoms with Gasteiger partial charge in [0.15, 0.2) is 6.61 Å². The van der Waals surface area contributed by atoms with E-state index in [0.717, 1.165) is 19.6 Å². The highest BCUT2D eigenvalue weighted by atomic mass is 16.5. The molecular weight excluding hydrogens is 316 g/mol. The van der Waals surface area contributed by atoms with Crippen molar-refractivity contribution in [3.63, 3.8) is 0 Å². The molecule has 0 spiro atoms. The summed E-state index contributed by atoms with van der Waals surface area (Å²) < 4.78 is 11.3. The molecule has 1 aliphatic heterocycles. The summed E-state index contributed by atoms with van der Waals surface area (Å²) in [4.78, 5) is 14.2. The Balaban J connectivity index is 1.36. The number of hydrogen-bond acceptors (Lipinski definition) is 4. The van der Waals surface area contributed by atoms with Gasteiger partial charge in [0.2, 0.25) is 0 Å². The van der Waals surface area contributed by atoms with Gasteiger partial charge in [0.25, 0.3) is 5.91 Å². The van der Waals surface area contributed by atoms with Gasteiger partial charge in [0.1, 0.15) is 5.75 Å². The molecular formula is C20H24N2O3. The summed E-state index contributed by atoms with van der Waals surface area (Å²) in [6, 6.07) is 19.6. The number of para-hydroxylation sites is 1. The van der Waals surface area contributed by atoms with Crippen molar-refractivity contribution in [1.29, 1.82) is 0 Å². The van der Waals surface area contributed by atoms with Crippen molar-refractivity contribution in [1.82, 2.24) is 10.2 Å². The fraction of sp³-hybridized carbons (Fsp3) is 0.350. The number of carbonyl (C=O) groups is 1. The van der Waals surface area contributed by atoms with Crippen LogP contribution in [-0.2, 0) is 9.53 Å². The van der Waals surface area contributed by atoms with Crippen LogP contribution in [0.4, 0.5) is 0 Å². The first-order chi connectivity index (χ1) is 12.3. The fourth-order valence-corrected chi connectivity index (χ4v) is 2.85. The number of amides is 1. The van der Waals surface area contributed by atoms with Gasteiger partial charge >= 0.3 is 0 Å². The van der Waals surface area contributed by atoms with Gasteiger partial charge in [-0.2, -0.15) is 0 Å². The van der Waals surface area contributed by atoms with Crippen molar-refractivity contribution in [2.24, 2.45) is 0 Å². The Labute approximate surface area is 148 Å². The quantitative estimate of drug-likeness (QED) is 0.840. The van der Waals surface area contributed by atoms with Crippen LogP contribution in [0.15, 0.2) is 60.7 Å². The minimum Gasteiger partial charge on any atom is -0.484 e. The highest BCUT2D eigenvalue weighted by Crippen LogP contribution is 2.21. The fourth-order valence-electron chi connectivity index (χ4n) is 2.85. The zero-order chi connectivity index (χ0) is 17.3. The molecule has 0 aromatic heterocycles. The normalized spacial score (nSPS) is 17.8. The lowest BCUT2D eigenvalue weighted by Gasteiger charge is -2.33. The standard InChI is InChI=1S/C20H24N2O3/c23-20(16-25-18-9-5-2-6-10-18)21-11-12-22-13-14-24-19(15-22)17-7-3-1-4-8-17/h1-10,19H,11-16H2,(H,21,23)/t19-/m0/s1. The van der Waals surface area contributed by atoms with Crippen molar-refractivity contribution < 1.29 is 14.3 Å². The molecule has 25 heavy (non-hydrogen) atoms. The van der Waals surface area contributed by atoms with Gasteiger partial charge in [-0.25, -0.2) is 0 Å². The zero-order valence-corrected chi connectivity index (χ0v) is 14.3. The number of hydrogen-bond donors (Lipinski definition) is 1. The Bertz CT molecular complexity index is 649. The van der Waals surface area contributed by atoms with Crippen molar-refractivity contribution in [2.75, 3.05) is 39.4 Å². The van der Waals surface area contributed by atoms with Gasteiger partial charge in [-0.05, 0) is 17.7 Å². The van der Waals surface area contributed by atoms with Crippen LogP contribution >= 0.6 is 0 Å². The van der Waals surface area contributed by atoms with Crippen LogP contribution in [0.3, 0.4) is 0 Å². The summed E-state index contributed by atoms with van der Waals surface area (Å²) in [6.45, 7) is 3.91. The van der Waals surface area contributed by atoms with Gasteiger partial charge < -0.3 is 14.8 Å². The maximum atomic E-state index is 11.9. The minimum atomic E-state index is -0.100. The highest BCUT2D eigenvalue weighted by molar-refractivity contribution is 5.77. The van der Waals surface area contributed by atoms with Crippen molar-refractivity contribution in [2.45, 2.75) is 6.10 Å². The molecule has 0 radical (unpaired) electrons. The molecule has 2 aromatic rings. The maximum absolute atomic E-state index is 11.9. The van der Waals surface area contributed by atoms with Crippen LogP contribution in [0.5, 0.6) is 5.75 Å². The Morgan fingerprint density at radius 1 is 1.12 bits per heavy atom. The Morgan fingerprint density at radius 3 is 2.60 bits per heavy atom. The molecule has 5 heteroatoms. The molecule has 132 valence electrons. The minimum absolute atomic E-state index is 0.0414. The first-order valence-corrected chi connectivity index (χ1v) is 8.65. The van der Waals surface area contributed by atoms with E-state index < -0.39 is 0 Å². The predicted molar refractivity (Wildman–Crippen MR) is 96.5 cm³/mol. The Hall–Kier alpha value is -2.37. The second-order valence-corrected chi connectivity index (χ2v) is 6.02. The van der Waals surface area contributed by atoms with Crippen LogP contribution in [0.2, 0.25) is 0 Å². The topological polar surface area (TPSA) is 50.8 Å². The summed E-state index contributed by atoms with van der Waals surface area (Å²) >= 11 is 0. The number of rotatable bonds is 7. The van der Waals surface area contributed by atoms with E-state index in [1.807, 2.05) is 48.5 Å². The summed E-state index contributed by atoms with van der Waals surface area (Å²) in [5, 5.41) is 2.91. The number of carbonyl (C=O) groups excluding carboxylic acids is 1. The van der Waals surface area contributed by atoms with E-state index in [1.54, 1.807) is 0 Å². The number of morpholine rings is 1. The molecule has 0 unspecified atom stereocenters. The Kier molecular flexibility index (Phi) is 6.42. The van der Waals surface area contributed by atoms with E-state index in [4.69, 9.17) is 9.47 Å². The molecule has 5 nitrogen and oxygen atoms in total. The van der Waals surface area contributed by atoms with Gasteiger partial charge in [-0.15, -0.1) is 0 Å². The molecule has 0 saturated carbocycles. The predicted octanol–water partition coefficient (Wildman–Crippen LogP) is 2.26. The largest absolute Gasteiger partial charge is 0.484 e. The smallest absolute Gasteiger partial charge is 0.257 e. The monoisotopic (exact) mass is 340 g/mol. The molecule has 0 aliphatic carbocycles. The molecule has 3 rings (SSSR count). The number of benzene rings is 2. The lowest BCUT2D eigenvalue weighted by atomic mass is 10.1. The lowest BCUT2D eigenvalue weighted by Crippen LogP contribution is -2.43. The maximum Gasteiger partial charge on any atom is 0.257 e. The van der Waals surface area contributed by atoms with Crippen molar-refractivity contribution in [3.05, 3.63) is 66.2 Å². The molecule has 1 aliphatic rings. The molecule has 1 heterocycles. The summed E-state index contributed by atoms with van der Waals surface area (Å²) in [6.07, 6.45) is 0.104. The summed E-state index contributed by atoms with van der Waals surface area (Å²) in [7, 11) is 0. The second-order valence-electron chi connectivity index (χ2n) is 6.02. The molecule has 2 aromatic carbocycles. The first-order valence-electron chi connectivity index (χ1n) is 8.65. The third kappa shape index (κ3) is 5.59. The zero-order valence-electron chi connectivity index (χ0n) is 14.3. The van der Waals surface area contributed by atoms with E-state index in [0.29, 0.717) is 18.9 Å². The van der Waals surface area contributed by atoms with Crippen LogP contribution in [-0.4, -0.2) is 50.2 Å². The van der Waals surface area contributed by atoms with Crippen LogP contribution in [0.1, 0.15) is 11.7 Å². The van der Waals surface area contributed by atoms with Gasteiger partial charge in [-0.1, -0.05) is 48.5 Å². The number of nitrogens with zero attached hydrogens (tertiary/aromatic N) is 1. The average Bonchev–Trinajstić information content (AvgIpc) is 2.68. The van der Waals surface area contributed by atoms with E-state index in [-0.39, 0.29) is 18.6 Å². The van der Waals surface area contributed by atoms with E-state index in [9.17, 15) is 4.79 Å². The third-order valence-corrected chi connectivity index (χ3v) is 4.19. The molecule has 1 N–H and O–H groups in total. The molecule has 1 saturated heterocycles. The average molecular weight is 340 g/mol. The number of ether oxygens (including phenoxy) is 2. The highest BCUT2D eigenvalue weighted by Gasteiger charge is 2.21. The molecule has 1 fully saturated rings. The van der Waals surface area contributed by atoms with E-state index >= 15 is 0 Å². The first kappa shape index (κ1) is 17.5. The van der Waals surface area contributed by atoms with Crippen LogP contribution < -0.4 is 10.1 Å². The SMILES string of the molecule is O=C(COc1ccccc1)NCCN1CCO[C@H](c2ccccc2)C1. The van der Waals surface area contributed by atoms with Crippen LogP contribution in [0.25, 0.3) is 0 Å². The van der Waals surface area contributed by atoms with Crippen LogP contribution in [0, 0.1) is 0 Å². The summed E-state index contributed by atoms with van der Waals surface area (Å²) in [5.41, 5.74) is 1.20. The second kappa shape index (κ2) is 9.20. The van der Waals surface area contributed by atoms with Gasteiger partial charge in [-0.3, -0.25) is 9.69 Å². The van der Waals surface area contributed by atoms with E-state index in [1.165, 1.54) is 5.56 Å². The molecule has 0 bridgehead atoms. The number of nitrogens with one attached hydrogen (secondary N) is 1. The Morgan fingerprint density at radius 2 is 1.84 bits per heavy atom. The lowest BCUT2D eigenvalue weighted by molar-refractivity contribution is -0.123. The van der Waals surface area contributed by atoms with E-state index in [2.05, 4.69) is 22.3 Å². The van der Waals surface area contributed by atoms with Gasteiger partial charge in [0, 0.05) is 26.2 Å². The molecule has 1 amide bonds. The van der Waals surface area contributed by atoms with Gasteiger partial charge in [0.05, 0.1) is 12.7 Å². The molecule has 1 atom stereocenters.